The summed E-state index contributed by atoms with van der Waals surface area (Å²) in [6.07, 6.45) is -0.892. The molecule has 0 bridgehead atoms. The number of aromatic nitrogens is 3. The van der Waals surface area contributed by atoms with E-state index in [4.69, 9.17) is 10.8 Å². The minimum atomic E-state index is -4.56. The third kappa shape index (κ3) is 3.50. The second-order valence-electron chi connectivity index (χ2n) is 9.34. The quantitative estimate of drug-likeness (QED) is 0.691. The van der Waals surface area contributed by atoms with Crippen LogP contribution in [0.3, 0.4) is 0 Å². The molecule has 0 spiro atoms. The summed E-state index contributed by atoms with van der Waals surface area (Å²) in [5, 5.41) is 4.69. The summed E-state index contributed by atoms with van der Waals surface area (Å²) in [5.41, 5.74) is 6.44. The lowest BCUT2D eigenvalue weighted by Gasteiger charge is -2.40. The van der Waals surface area contributed by atoms with Crippen LogP contribution in [0.4, 0.5) is 23.4 Å². The Labute approximate surface area is 178 Å². The number of fused-ring (bicyclic) bond motifs is 1. The largest absolute Gasteiger partial charge is 0.419 e. The van der Waals surface area contributed by atoms with Crippen molar-refractivity contribution in [2.24, 2.45) is 11.8 Å². The fourth-order valence-corrected chi connectivity index (χ4v) is 5.47. The van der Waals surface area contributed by atoms with Crippen LogP contribution in [-0.2, 0) is 6.18 Å². The molecule has 2 N–H and O–H groups in total. The molecule has 3 atom stereocenters. The molecule has 0 radical (unpaired) electrons. The van der Waals surface area contributed by atoms with Crippen molar-refractivity contribution in [3.8, 4) is 11.3 Å². The molecule has 3 unspecified atom stereocenters. The number of halogens is 4. The highest BCUT2D eigenvalue weighted by Crippen LogP contribution is 2.64. The van der Waals surface area contributed by atoms with Gasteiger partial charge in [0.2, 0.25) is 0 Å². The number of hydrogen-bond acceptors (Lipinski definition) is 4. The van der Waals surface area contributed by atoms with Gasteiger partial charge in [0, 0.05) is 48.5 Å². The zero-order valence-corrected chi connectivity index (χ0v) is 17.6. The number of alkyl halides is 4. The minimum Gasteiger partial charge on any atom is -0.383 e. The molecule has 2 saturated carbocycles. The zero-order chi connectivity index (χ0) is 22.1. The van der Waals surface area contributed by atoms with Crippen LogP contribution in [-0.4, -0.2) is 45.0 Å². The van der Waals surface area contributed by atoms with Crippen LogP contribution in [0.25, 0.3) is 11.3 Å². The van der Waals surface area contributed by atoms with Crippen LogP contribution in [0.15, 0.2) is 18.3 Å². The Morgan fingerprint density at radius 1 is 1.19 bits per heavy atom. The normalized spacial score (nSPS) is 29.6. The lowest BCUT2D eigenvalue weighted by atomic mass is 9.99. The van der Waals surface area contributed by atoms with E-state index in [1.807, 2.05) is 10.7 Å². The van der Waals surface area contributed by atoms with Gasteiger partial charge in [-0.1, -0.05) is 6.92 Å². The highest BCUT2D eigenvalue weighted by atomic mass is 19.4. The van der Waals surface area contributed by atoms with Gasteiger partial charge in [0.1, 0.15) is 12.0 Å². The number of rotatable bonds is 5. The molecule has 31 heavy (non-hydrogen) atoms. The maximum atomic E-state index is 13.3. The molecule has 0 aromatic carbocycles. The monoisotopic (exact) mass is 437 g/mol. The van der Waals surface area contributed by atoms with Gasteiger partial charge in [0.25, 0.3) is 0 Å². The van der Waals surface area contributed by atoms with Gasteiger partial charge in [-0.2, -0.15) is 18.3 Å². The van der Waals surface area contributed by atoms with Gasteiger partial charge in [-0.05, 0) is 50.2 Å². The highest BCUT2D eigenvalue weighted by Gasteiger charge is 2.59. The Morgan fingerprint density at radius 3 is 2.45 bits per heavy atom. The number of nitrogens with zero attached hydrogens (tertiary/aromatic N) is 4. The average Bonchev–Trinajstić information content (AvgIpc) is 3.06. The van der Waals surface area contributed by atoms with Crippen LogP contribution in [0.1, 0.15) is 56.3 Å². The number of nitrogens with two attached hydrogens (primary N) is 1. The molecule has 3 fully saturated rings. The Balaban J connectivity index is 1.41. The van der Waals surface area contributed by atoms with Crippen LogP contribution in [0, 0.1) is 11.8 Å². The molecule has 3 heterocycles. The number of pyridine rings is 1. The van der Waals surface area contributed by atoms with Crippen molar-refractivity contribution in [3.63, 3.8) is 0 Å². The lowest BCUT2D eigenvalue weighted by Crippen LogP contribution is -2.53. The van der Waals surface area contributed by atoms with Crippen LogP contribution in [0.5, 0.6) is 0 Å². The fourth-order valence-electron chi connectivity index (χ4n) is 5.47. The summed E-state index contributed by atoms with van der Waals surface area (Å²) in [7, 11) is 0. The van der Waals surface area contributed by atoms with Gasteiger partial charge >= 0.3 is 6.18 Å². The minimum absolute atomic E-state index is 0.146. The molecule has 2 aromatic rings. The van der Waals surface area contributed by atoms with E-state index >= 15 is 0 Å². The van der Waals surface area contributed by atoms with Crippen molar-refractivity contribution >= 4 is 5.82 Å². The molecule has 0 amide bonds. The molecular weight excluding hydrogens is 410 g/mol. The van der Waals surface area contributed by atoms with Crippen molar-refractivity contribution < 1.29 is 17.6 Å². The SMILES string of the molecule is CCC(C)n1nc(-c2cnc(N)c(C(F)(F)F)c2)cc1C1C2CC(N3CC(F)C3)CC21. The fraction of sp³-hybridized carbons (Fsp3) is 0.636. The molecule has 2 aromatic heterocycles. The van der Waals surface area contributed by atoms with Gasteiger partial charge in [-0.15, -0.1) is 0 Å². The molecule has 5 nitrogen and oxygen atoms in total. The van der Waals surface area contributed by atoms with Gasteiger partial charge in [-0.3, -0.25) is 9.58 Å². The van der Waals surface area contributed by atoms with Gasteiger partial charge < -0.3 is 5.73 Å². The summed E-state index contributed by atoms with van der Waals surface area (Å²) < 4.78 is 55.1. The van der Waals surface area contributed by atoms with Crippen LogP contribution in [0.2, 0.25) is 0 Å². The van der Waals surface area contributed by atoms with Crippen molar-refractivity contribution in [1.82, 2.24) is 19.7 Å². The van der Waals surface area contributed by atoms with Crippen LogP contribution >= 0.6 is 0 Å². The number of nitrogen functional groups attached to an aromatic ring is 1. The Kier molecular flexibility index (Phi) is 4.80. The van der Waals surface area contributed by atoms with Crippen LogP contribution < -0.4 is 5.73 Å². The summed E-state index contributed by atoms with van der Waals surface area (Å²) in [6, 6.07) is 3.58. The maximum Gasteiger partial charge on any atom is 0.419 e. The first kappa shape index (κ1) is 20.7. The predicted molar refractivity (Wildman–Crippen MR) is 109 cm³/mol. The van der Waals surface area contributed by atoms with Gasteiger partial charge in [0.05, 0.1) is 11.3 Å². The van der Waals surface area contributed by atoms with E-state index in [0.29, 0.717) is 48.1 Å². The second-order valence-corrected chi connectivity index (χ2v) is 9.34. The Bertz CT molecular complexity index is 969. The third-order valence-corrected chi connectivity index (χ3v) is 7.44. The Morgan fingerprint density at radius 2 is 1.87 bits per heavy atom. The van der Waals surface area contributed by atoms with E-state index in [9.17, 15) is 17.6 Å². The number of anilines is 1. The van der Waals surface area contributed by atoms with E-state index < -0.39 is 23.7 Å². The molecular formula is C22H27F4N5. The molecule has 168 valence electrons. The summed E-state index contributed by atoms with van der Waals surface area (Å²) in [6.45, 7) is 5.25. The lowest BCUT2D eigenvalue weighted by molar-refractivity contribution is -0.137. The summed E-state index contributed by atoms with van der Waals surface area (Å²) in [5.74, 6) is 0.942. The first-order valence-corrected chi connectivity index (χ1v) is 11.0. The van der Waals surface area contributed by atoms with Gasteiger partial charge in [-0.25, -0.2) is 9.37 Å². The van der Waals surface area contributed by atoms with Crippen molar-refractivity contribution in [3.05, 3.63) is 29.6 Å². The summed E-state index contributed by atoms with van der Waals surface area (Å²) >= 11 is 0. The molecule has 3 aliphatic rings. The van der Waals surface area contributed by atoms with Crippen molar-refractivity contribution in [2.45, 2.75) is 63.5 Å². The topological polar surface area (TPSA) is 60.0 Å². The van der Waals surface area contributed by atoms with E-state index in [1.54, 1.807) is 0 Å². The molecule has 9 heteroatoms. The first-order chi connectivity index (χ1) is 14.7. The standard InChI is InChI=1S/C22H27F4N5/c1-3-11(2)31-19(20-15-5-14(6-16(15)20)30-9-13(23)10-30)7-18(29-31)12-4-17(22(24,25)26)21(27)28-8-12/h4,7-8,11,13-16,20H,3,5-6,9-10H2,1-2H3,(H2,27,28). The van der Waals surface area contributed by atoms with Crippen molar-refractivity contribution in [2.75, 3.05) is 18.8 Å². The van der Waals surface area contributed by atoms with Gasteiger partial charge in [0.15, 0.2) is 0 Å². The smallest absolute Gasteiger partial charge is 0.383 e. The molecule has 1 aliphatic heterocycles. The van der Waals surface area contributed by atoms with E-state index in [2.05, 4.69) is 23.7 Å². The maximum absolute atomic E-state index is 13.3. The highest BCUT2D eigenvalue weighted by molar-refractivity contribution is 5.63. The molecule has 5 rings (SSSR count). The molecule has 1 saturated heterocycles. The number of hydrogen-bond donors (Lipinski definition) is 1. The number of likely N-dealkylation sites (tertiary alicyclic amines) is 1. The second kappa shape index (κ2) is 7.18. The zero-order valence-electron chi connectivity index (χ0n) is 17.6. The van der Waals surface area contributed by atoms with Crippen molar-refractivity contribution in [1.29, 1.82) is 0 Å². The first-order valence-electron chi connectivity index (χ1n) is 11.0. The van der Waals surface area contributed by atoms with E-state index in [-0.39, 0.29) is 6.04 Å². The predicted octanol–water partition coefficient (Wildman–Crippen LogP) is 4.66. The third-order valence-electron chi connectivity index (χ3n) is 7.44. The van der Waals surface area contributed by atoms with E-state index in [0.717, 1.165) is 31.0 Å². The molecule has 2 aliphatic carbocycles. The summed E-state index contributed by atoms with van der Waals surface area (Å²) in [4.78, 5) is 6.01. The van der Waals surface area contributed by atoms with E-state index in [1.165, 1.54) is 6.20 Å². The average molecular weight is 437 g/mol. The Hall–Kier alpha value is -2.16.